The Bertz CT molecular complexity index is 4630. The number of methoxy groups -OCH3 is 4. The highest BCUT2D eigenvalue weighted by Gasteiger charge is 2.39. The summed E-state index contributed by atoms with van der Waals surface area (Å²) in [6.07, 6.45) is 0. The van der Waals surface area contributed by atoms with Crippen molar-refractivity contribution < 1.29 is 64.1 Å². The lowest BCUT2D eigenvalue weighted by atomic mass is 9.81. The molecule has 0 amide bonds. The van der Waals surface area contributed by atoms with E-state index in [-0.39, 0.29) is 5.75 Å². The number of hydrogen-bond acceptors (Lipinski definition) is 14. The van der Waals surface area contributed by atoms with Crippen LogP contribution in [0.15, 0.2) is 142 Å². The van der Waals surface area contributed by atoms with E-state index < -0.39 is 47.1 Å². The molecule has 89 heavy (non-hydrogen) atoms. The fourth-order valence-corrected chi connectivity index (χ4v) is 15.1. The molecule has 17 heteroatoms. The quantitative estimate of drug-likeness (QED) is 0.0967. The van der Waals surface area contributed by atoms with Gasteiger partial charge in [0.05, 0.1) is 50.0 Å². The smallest absolute Gasteiger partial charge is 0.507 e. The van der Waals surface area contributed by atoms with E-state index in [1.807, 2.05) is 121 Å². The zero-order valence-corrected chi connectivity index (χ0v) is 55.5. The molecule has 2 atom stereocenters. The first-order valence-electron chi connectivity index (χ1n) is 29.4. The molecule has 1 aromatic heterocycles. The molecule has 13 rings (SSSR count). The van der Waals surface area contributed by atoms with Gasteiger partial charge in [-0.05, 0) is 128 Å². The molecule has 0 fully saturated rings. The normalized spacial score (nSPS) is 14.9. The van der Waals surface area contributed by atoms with Crippen molar-refractivity contribution in [3.8, 4) is 80.1 Å². The molecule has 11 aromatic rings. The molecule has 0 radical (unpaired) electrons. The van der Waals surface area contributed by atoms with Gasteiger partial charge in [-0.15, -0.1) is 0 Å². The zero-order chi connectivity index (χ0) is 62.8. The molecule has 14 nitrogen and oxygen atoms in total. The molecular weight excluding hydrogens is 1180 g/mol. The Kier molecular flexibility index (Phi) is 14.7. The van der Waals surface area contributed by atoms with Gasteiger partial charge in [0.15, 0.2) is 11.5 Å². The van der Waals surface area contributed by atoms with Crippen LogP contribution in [-0.2, 0) is 21.7 Å². The Labute approximate surface area is 521 Å². The number of rotatable bonds is 11. The van der Waals surface area contributed by atoms with E-state index in [0.29, 0.717) is 96.3 Å². The number of fused-ring (bicyclic) bond motifs is 7. The first kappa shape index (κ1) is 59.6. The Morgan fingerprint density at radius 1 is 0.371 bits per heavy atom. The van der Waals surface area contributed by atoms with Crippen molar-refractivity contribution >= 4 is 90.5 Å². The zero-order valence-electron chi connectivity index (χ0n) is 52.8. The summed E-state index contributed by atoms with van der Waals surface area (Å²) in [5.74, 6) is 6.06. The Morgan fingerprint density at radius 3 is 1.17 bits per heavy atom. The lowest BCUT2D eigenvalue weighted by molar-refractivity contribution is 0.371. The van der Waals surface area contributed by atoms with Crippen molar-refractivity contribution in [2.45, 2.75) is 105 Å². The fourth-order valence-electron chi connectivity index (χ4n) is 11.8. The van der Waals surface area contributed by atoms with Crippen LogP contribution >= 0.6 is 25.4 Å². The van der Waals surface area contributed by atoms with Crippen LogP contribution in [0.1, 0.15) is 105 Å². The first-order valence-corrected chi connectivity index (χ1v) is 32.7. The number of benzene rings is 10. The minimum absolute atomic E-state index is 0.0812. The van der Waals surface area contributed by atoms with Crippen molar-refractivity contribution in [3.63, 3.8) is 0 Å². The lowest BCUT2D eigenvalue weighted by Gasteiger charge is -2.32. The molecule has 2 unspecified atom stereocenters. The van der Waals surface area contributed by atoms with Gasteiger partial charge in [0, 0.05) is 44.2 Å². The van der Waals surface area contributed by atoms with Gasteiger partial charge in [-0.2, -0.15) is 0 Å². The highest BCUT2D eigenvalue weighted by molar-refractivity contribution is 7.43. The maximum Gasteiger partial charge on any atom is 0.530 e. The third-order valence-corrected chi connectivity index (χ3v) is 19.3. The SMILES string of the molecule is COc1cc(-c2cc(OC)cc(C(C)(C)C)c2OP2Oc3cccc4cc5cccc(Op6oc7c(C(C)(C)C)cc(OC)cc7c7cc(OC)cc(C(C)(C)C)c7o6)c5c(c34)O2)c(OP2Oc3cccc4cc5cccc(O)c5c(c34)O2)c(C(C)(C)C)c1. The molecule has 0 spiro atoms. The minimum Gasteiger partial charge on any atom is -0.507 e. The number of phenolic OH excluding ortho intramolecular Hbond substituents is 1. The van der Waals surface area contributed by atoms with Gasteiger partial charge in [0.2, 0.25) is 0 Å². The average molecular weight is 1250 g/mol. The van der Waals surface area contributed by atoms with Crippen LogP contribution in [0, 0.1) is 0 Å². The number of phenols is 1. The van der Waals surface area contributed by atoms with E-state index in [1.165, 1.54) is 0 Å². The monoisotopic (exact) mass is 1250 g/mol. The van der Waals surface area contributed by atoms with Gasteiger partial charge in [-0.1, -0.05) is 132 Å². The molecule has 1 N–H and O–H groups in total. The van der Waals surface area contributed by atoms with Gasteiger partial charge < -0.3 is 64.1 Å². The molecule has 458 valence electrons. The summed E-state index contributed by atoms with van der Waals surface area (Å²) in [5, 5.41) is 19.1. The van der Waals surface area contributed by atoms with E-state index >= 15 is 0 Å². The van der Waals surface area contributed by atoms with Crippen molar-refractivity contribution in [2.24, 2.45) is 0 Å². The van der Waals surface area contributed by atoms with Crippen LogP contribution in [-0.4, -0.2) is 33.5 Å². The van der Waals surface area contributed by atoms with Crippen molar-refractivity contribution in [1.82, 2.24) is 0 Å². The second-order valence-electron chi connectivity index (χ2n) is 26.5. The summed E-state index contributed by atoms with van der Waals surface area (Å²) in [7, 11) is -0.158. The van der Waals surface area contributed by atoms with E-state index in [2.05, 4.69) is 89.2 Å². The second kappa shape index (κ2) is 22.0. The number of aromatic hydroxyl groups is 1. The van der Waals surface area contributed by atoms with Gasteiger partial charge in [0.25, 0.3) is 0 Å². The summed E-state index contributed by atoms with van der Waals surface area (Å²) >= 11 is 0. The number of ether oxygens (including phenoxy) is 4. The summed E-state index contributed by atoms with van der Waals surface area (Å²) in [6.45, 7) is 25.6. The highest BCUT2D eigenvalue weighted by Crippen LogP contribution is 2.62. The maximum absolute atomic E-state index is 11.4. The lowest BCUT2D eigenvalue weighted by Crippen LogP contribution is -2.17. The summed E-state index contributed by atoms with van der Waals surface area (Å²) in [4.78, 5) is 0. The molecular formula is C72H71O14P3. The van der Waals surface area contributed by atoms with Gasteiger partial charge >= 0.3 is 25.4 Å². The summed E-state index contributed by atoms with van der Waals surface area (Å²) < 4.78 is 88.1. The molecule has 2 aliphatic heterocycles. The van der Waals surface area contributed by atoms with Crippen LogP contribution in [0.3, 0.4) is 0 Å². The molecule has 3 heterocycles. The molecule has 10 aromatic carbocycles. The minimum atomic E-state index is -2.32. The van der Waals surface area contributed by atoms with E-state index in [4.69, 9.17) is 59.0 Å². The number of hydrogen-bond donors (Lipinski definition) is 1. The highest BCUT2D eigenvalue weighted by atomic mass is 31.2. The predicted octanol–water partition coefficient (Wildman–Crippen LogP) is 21.5. The van der Waals surface area contributed by atoms with Gasteiger partial charge in [0.1, 0.15) is 68.7 Å². The third-order valence-electron chi connectivity index (χ3n) is 16.3. The van der Waals surface area contributed by atoms with Gasteiger partial charge in [-0.3, -0.25) is 0 Å². The molecule has 0 aliphatic carbocycles. The predicted molar refractivity (Wildman–Crippen MR) is 357 cm³/mol. The van der Waals surface area contributed by atoms with Crippen molar-refractivity contribution in [2.75, 3.05) is 28.4 Å². The molecule has 0 saturated carbocycles. The van der Waals surface area contributed by atoms with Crippen molar-refractivity contribution in [3.05, 3.63) is 156 Å². The van der Waals surface area contributed by atoms with Crippen LogP contribution in [0.5, 0.6) is 69.0 Å². The largest absolute Gasteiger partial charge is 0.530 e. The summed E-state index contributed by atoms with van der Waals surface area (Å²) in [5.41, 5.74) is 3.97. The molecule has 0 bridgehead atoms. The first-order chi connectivity index (χ1) is 42.3. The van der Waals surface area contributed by atoms with Gasteiger partial charge in [-0.25, -0.2) is 0 Å². The van der Waals surface area contributed by atoms with E-state index in [0.717, 1.165) is 65.3 Å². The molecule has 2 aliphatic rings. The maximum atomic E-state index is 11.4. The standard InChI is InChI=1S/C72H71O14P3/c1-69(2,3)51-35-43(74-13)31-47-48-32-44(75-14)36-52(70(4,5)6)64(48)82-87(81-63(47)51)78-57-27-19-23-41-30-42-24-20-28-58-62(42)68(61(41)57)86-89(80-58)84-66-50(34-46(77-16)38-54(66)72(10,11)12)49-33-45(76-15)37-53(71(7,8)9)65(49)83-88-79-56-26-18-22-40-29-39-21-17-25-55(73)59(39)67(85-88)60(40)56/h17-38,73H,1-16H3. The molecule has 0 saturated heterocycles. The third kappa shape index (κ3) is 10.7. The van der Waals surface area contributed by atoms with Crippen LogP contribution in [0.25, 0.3) is 76.2 Å². The second-order valence-corrected chi connectivity index (χ2v) is 29.5. The van der Waals surface area contributed by atoms with Crippen LogP contribution in [0.2, 0.25) is 0 Å². The van der Waals surface area contributed by atoms with E-state index in [1.54, 1.807) is 34.5 Å². The van der Waals surface area contributed by atoms with E-state index in [9.17, 15) is 5.11 Å². The summed E-state index contributed by atoms with van der Waals surface area (Å²) in [6, 6.07) is 43.1. The van der Waals surface area contributed by atoms with Crippen molar-refractivity contribution in [1.29, 1.82) is 0 Å². The average Bonchev–Trinajstić information content (AvgIpc) is 1.36. The topological polar surface area (TPSA) is 148 Å². The van der Waals surface area contributed by atoms with Crippen LogP contribution < -0.4 is 50.6 Å². The Balaban J connectivity index is 0.976. The van der Waals surface area contributed by atoms with Crippen LogP contribution in [0.4, 0.5) is 0 Å². The fraction of sp³-hybridized carbons (Fsp3) is 0.278. The Morgan fingerprint density at radius 2 is 0.742 bits per heavy atom. The Hall–Kier alpha value is -8.40.